The number of carbonyl (C=O) groups excluding carboxylic acids is 1. The highest BCUT2D eigenvalue weighted by atomic mass is 32.2. The van der Waals surface area contributed by atoms with Crippen LogP contribution < -0.4 is 0 Å². The molecule has 0 bridgehead atoms. The molecule has 0 unspecified atom stereocenters. The zero-order chi connectivity index (χ0) is 8.06. The van der Waals surface area contributed by atoms with Gasteiger partial charge in [-0.05, 0) is 6.42 Å². The van der Waals surface area contributed by atoms with Gasteiger partial charge in [-0.2, -0.15) is 0 Å². The zero-order valence-electron chi connectivity index (χ0n) is 5.99. The number of β-lactam (4-membered cyclic amide) rings is 1. The van der Waals surface area contributed by atoms with Crippen molar-refractivity contribution in [2.75, 3.05) is 12.3 Å². The molecule has 4 nitrogen and oxygen atoms in total. The average molecular weight is 175 g/mol. The average Bonchev–Trinajstić information content (AvgIpc) is 1.91. The van der Waals surface area contributed by atoms with Gasteiger partial charge >= 0.3 is 0 Å². The molecular weight excluding hydrogens is 166 g/mol. The van der Waals surface area contributed by atoms with Gasteiger partial charge in [-0.25, -0.2) is 8.42 Å². The molecule has 0 aromatic carbocycles. The molecule has 2 heterocycles. The number of nitrogens with zero attached hydrogens (tertiary/aromatic N) is 1. The van der Waals surface area contributed by atoms with Gasteiger partial charge < -0.3 is 4.90 Å². The molecule has 0 aliphatic carbocycles. The smallest absolute Gasteiger partial charge is 0.226 e. The van der Waals surface area contributed by atoms with Crippen molar-refractivity contribution in [3.63, 3.8) is 0 Å². The molecule has 0 saturated carbocycles. The van der Waals surface area contributed by atoms with Crippen LogP contribution in [0, 0.1) is 0 Å². The first kappa shape index (κ1) is 7.09. The minimum atomic E-state index is -2.95. The third-order valence-corrected chi connectivity index (χ3v) is 4.37. The van der Waals surface area contributed by atoms with Gasteiger partial charge in [0, 0.05) is 6.54 Å². The van der Waals surface area contributed by atoms with E-state index in [1.54, 1.807) is 0 Å². The summed E-state index contributed by atoms with van der Waals surface area (Å²) in [5, 5.41) is -0.469. The fourth-order valence-corrected chi connectivity index (χ4v) is 3.40. The quantitative estimate of drug-likeness (QED) is 0.460. The minimum absolute atomic E-state index is 0.0155. The molecule has 0 radical (unpaired) electrons. The van der Waals surface area contributed by atoms with Crippen LogP contribution in [-0.2, 0) is 14.6 Å². The Morgan fingerprint density at radius 1 is 1.45 bits per heavy atom. The lowest BCUT2D eigenvalue weighted by atomic mass is 10.2. The molecular formula is C6H9NO3S. The van der Waals surface area contributed by atoms with E-state index < -0.39 is 15.2 Å². The van der Waals surface area contributed by atoms with Crippen molar-refractivity contribution >= 4 is 15.7 Å². The van der Waals surface area contributed by atoms with Crippen LogP contribution >= 0.6 is 0 Å². The maximum Gasteiger partial charge on any atom is 0.226 e. The molecule has 5 heteroatoms. The first-order valence-electron chi connectivity index (χ1n) is 3.62. The van der Waals surface area contributed by atoms with E-state index in [4.69, 9.17) is 0 Å². The Morgan fingerprint density at radius 3 is 2.73 bits per heavy atom. The summed E-state index contributed by atoms with van der Waals surface area (Å²) in [6.45, 7) is 0.628. The molecule has 0 aromatic rings. The highest BCUT2D eigenvalue weighted by Gasteiger charge is 2.46. The molecule has 2 aliphatic rings. The van der Waals surface area contributed by atoms with Crippen LogP contribution in [0.5, 0.6) is 0 Å². The number of hydrogen-bond donors (Lipinski definition) is 0. The number of rotatable bonds is 0. The maximum atomic E-state index is 11.2. The van der Waals surface area contributed by atoms with Crippen LogP contribution in [0.3, 0.4) is 0 Å². The minimum Gasteiger partial charge on any atom is -0.325 e. The zero-order valence-corrected chi connectivity index (χ0v) is 6.80. The van der Waals surface area contributed by atoms with Crippen molar-refractivity contribution in [3.05, 3.63) is 0 Å². The van der Waals surface area contributed by atoms with Gasteiger partial charge in [0.25, 0.3) is 0 Å². The topological polar surface area (TPSA) is 54.5 Å². The highest BCUT2D eigenvalue weighted by Crippen LogP contribution is 2.28. The number of carbonyl (C=O) groups is 1. The van der Waals surface area contributed by atoms with E-state index in [2.05, 4.69) is 0 Å². The van der Waals surface area contributed by atoms with Crippen LogP contribution in [0.4, 0.5) is 0 Å². The summed E-state index contributed by atoms with van der Waals surface area (Å²) in [6.07, 6.45) is 0.812. The lowest BCUT2D eigenvalue weighted by Crippen LogP contribution is -2.60. The Balaban J connectivity index is 2.27. The summed E-state index contributed by atoms with van der Waals surface area (Å²) in [7, 11) is -2.95. The first-order chi connectivity index (χ1) is 5.11. The number of hydrogen-bond acceptors (Lipinski definition) is 3. The van der Waals surface area contributed by atoms with Crippen LogP contribution in [0.2, 0.25) is 0 Å². The third-order valence-electron chi connectivity index (χ3n) is 2.26. The SMILES string of the molecule is O=C1C[C@H]2N1CCCS2(=O)=O. The molecule has 1 amide bonds. The molecule has 62 valence electrons. The molecule has 2 rings (SSSR count). The second kappa shape index (κ2) is 1.97. The Hall–Kier alpha value is -0.580. The highest BCUT2D eigenvalue weighted by molar-refractivity contribution is 7.92. The van der Waals surface area contributed by atoms with E-state index >= 15 is 0 Å². The maximum absolute atomic E-state index is 11.2. The predicted molar refractivity (Wildman–Crippen MR) is 38.5 cm³/mol. The van der Waals surface area contributed by atoms with Crippen molar-refractivity contribution in [2.45, 2.75) is 18.2 Å². The summed E-state index contributed by atoms with van der Waals surface area (Å²) in [5.74, 6) is 0.236. The molecule has 0 spiro atoms. The molecule has 2 aliphatic heterocycles. The molecule has 2 fully saturated rings. The summed E-state index contributed by atoms with van der Waals surface area (Å²) < 4.78 is 22.4. The molecule has 11 heavy (non-hydrogen) atoms. The van der Waals surface area contributed by atoms with Crippen molar-refractivity contribution < 1.29 is 13.2 Å². The standard InChI is InChI=1S/C6H9NO3S/c8-5-4-6-7(5)2-1-3-11(6,9)10/h6H,1-4H2/t6-/m0/s1. The Labute approximate surface area is 65.1 Å². The van der Waals surface area contributed by atoms with Gasteiger partial charge in [0.2, 0.25) is 5.91 Å². The summed E-state index contributed by atoms with van der Waals surface area (Å²) in [5.41, 5.74) is 0. The fourth-order valence-electron chi connectivity index (χ4n) is 1.59. The van der Waals surface area contributed by atoms with Gasteiger partial charge in [0.1, 0.15) is 5.37 Å². The van der Waals surface area contributed by atoms with Gasteiger partial charge in [0.15, 0.2) is 9.84 Å². The third kappa shape index (κ3) is 0.870. The predicted octanol–water partition coefficient (Wildman–Crippen LogP) is -0.637. The van der Waals surface area contributed by atoms with Gasteiger partial charge in [-0.1, -0.05) is 0 Å². The van der Waals surface area contributed by atoms with Crippen molar-refractivity contribution in [2.24, 2.45) is 0 Å². The van der Waals surface area contributed by atoms with Crippen LogP contribution in [0.15, 0.2) is 0 Å². The largest absolute Gasteiger partial charge is 0.325 e. The van der Waals surface area contributed by atoms with E-state index in [0.717, 1.165) is 0 Å². The van der Waals surface area contributed by atoms with Gasteiger partial charge in [-0.3, -0.25) is 4.79 Å². The van der Waals surface area contributed by atoms with E-state index in [9.17, 15) is 13.2 Å². The Bertz CT molecular complexity index is 295. The second-order valence-corrected chi connectivity index (χ2v) is 5.24. The van der Waals surface area contributed by atoms with Gasteiger partial charge in [0.05, 0.1) is 12.2 Å². The number of fused-ring (bicyclic) bond motifs is 1. The van der Waals surface area contributed by atoms with Crippen LogP contribution in [0.25, 0.3) is 0 Å². The van der Waals surface area contributed by atoms with Crippen LogP contribution in [-0.4, -0.2) is 36.9 Å². The molecule has 1 atom stereocenters. The van der Waals surface area contributed by atoms with Crippen molar-refractivity contribution in [1.82, 2.24) is 4.90 Å². The second-order valence-electron chi connectivity index (χ2n) is 2.97. The Morgan fingerprint density at radius 2 is 2.18 bits per heavy atom. The van der Waals surface area contributed by atoms with E-state index in [1.807, 2.05) is 0 Å². The van der Waals surface area contributed by atoms with Crippen molar-refractivity contribution in [3.8, 4) is 0 Å². The fraction of sp³-hybridized carbons (Fsp3) is 0.833. The monoisotopic (exact) mass is 175 g/mol. The summed E-state index contributed by atoms with van der Waals surface area (Å²) in [4.78, 5) is 12.3. The van der Waals surface area contributed by atoms with E-state index in [-0.39, 0.29) is 18.1 Å². The van der Waals surface area contributed by atoms with E-state index in [1.165, 1.54) is 4.90 Å². The molecule has 0 aromatic heterocycles. The lowest BCUT2D eigenvalue weighted by molar-refractivity contribution is -0.142. The Kier molecular flexibility index (Phi) is 1.27. The molecule has 0 N–H and O–H groups in total. The van der Waals surface area contributed by atoms with E-state index in [0.29, 0.717) is 13.0 Å². The lowest BCUT2D eigenvalue weighted by Gasteiger charge is -2.42. The number of amides is 1. The summed E-state index contributed by atoms with van der Waals surface area (Å²) >= 11 is 0. The normalized spacial score (nSPS) is 34.4. The molecule has 2 saturated heterocycles. The van der Waals surface area contributed by atoms with Crippen molar-refractivity contribution in [1.29, 1.82) is 0 Å². The van der Waals surface area contributed by atoms with Crippen LogP contribution in [0.1, 0.15) is 12.8 Å². The number of sulfone groups is 1. The first-order valence-corrected chi connectivity index (χ1v) is 5.34. The van der Waals surface area contributed by atoms with Gasteiger partial charge in [-0.15, -0.1) is 0 Å². The summed E-state index contributed by atoms with van der Waals surface area (Å²) in [6, 6.07) is 0.